The van der Waals surface area contributed by atoms with Crippen LogP contribution in [-0.2, 0) is 12.8 Å². The van der Waals surface area contributed by atoms with Crippen molar-refractivity contribution in [2.24, 2.45) is 11.7 Å². The van der Waals surface area contributed by atoms with E-state index in [0.717, 1.165) is 23.4 Å². The summed E-state index contributed by atoms with van der Waals surface area (Å²) in [7, 11) is 0. The Balaban J connectivity index is 2.26. The van der Waals surface area contributed by atoms with Gasteiger partial charge in [0.1, 0.15) is 11.6 Å². The van der Waals surface area contributed by atoms with E-state index in [1.54, 1.807) is 12.1 Å². The molecule has 2 rings (SSSR count). The van der Waals surface area contributed by atoms with E-state index in [1.807, 2.05) is 19.9 Å². The number of hydrogen-bond donors (Lipinski definition) is 1. The van der Waals surface area contributed by atoms with Gasteiger partial charge in [-0.15, -0.1) is 0 Å². The predicted molar refractivity (Wildman–Crippen MR) is 82.6 cm³/mol. The van der Waals surface area contributed by atoms with Crippen LogP contribution in [0, 0.1) is 25.6 Å². The lowest BCUT2D eigenvalue weighted by Crippen LogP contribution is -2.16. The van der Waals surface area contributed by atoms with Crippen LogP contribution >= 0.6 is 0 Å². The van der Waals surface area contributed by atoms with Gasteiger partial charge in [0.05, 0.1) is 0 Å². The molecular formula is C17H22FN3. The third-order valence-corrected chi connectivity index (χ3v) is 3.73. The van der Waals surface area contributed by atoms with Crippen molar-refractivity contribution in [2.75, 3.05) is 6.54 Å². The minimum atomic E-state index is -0.211. The molecule has 112 valence electrons. The zero-order valence-corrected chi connectivity index (χ0v) is 12.9. The summed E-state index contributed by atoms with van der Waals surface area (Å²) < 4.78 is 13.7. The summed E-state index contributed by atoms with van der Waals surface area (Å²) >= 11 is 0. The first-order valence-electron chi connectivity index (χ1n) is 7.27. The first-order chi connectivity index (χ1) is 10.0. The number of hydrogen-bond acceptors (Lipinski definition) is 3. The molecule has 0 saturated carbocycles. The number of nitrogens with zero attached hydrogens (tertiary/aromatic N) is 2. The minimum absolute atomic E-state index is 0.211. The second-order valence-electron chi connectivity index (χ2n) is 5.60. The predicted octanol–water partition coefficient (Wildman–Crippen LogP) is 2.96. The summed E-state index contributed by atoms with van der Waals surface area (Å²) in [5, 5.41) is 0. The van der Waals surface area contributed by atoms with Gasteiger partial charge in [-0.1, -0.05) is 25.1 Å². The molecule has 0 aliphatic rings. The Morgan fingerprint density at radius 1 is 1.14 bits per heavy atom. The zero-order chi connectivity index (χ0) is 15.4. The Hall–Kier alpha value is -1.81. The molecule has 1 aromatic heterocycles. The topological polar surface area (TPSA) is 51.8 Å². The molecule has 0 bridgehead atoms. The molecule has 4 heteroatoms. The largest absolute Gasteiger partial charge is 0.330 e. The zero-order valence-electron chi connectivity index (χ0n) is 12.9. The van der Waals surface area contributed by atoms with Gasteiger partial charge in [-0.2, -0.15) is 0 Å². The van der Waals surface area contributed by atoms with Crippen LogP contribution in [0.5, 0.6) is 0 Å². The fourth-order valence-electron chi connectivity index (χ4n) is 2.43. The molecule has 1 aromatic carbocycles. The molecule has 1 unspecified atom stereocenters. The van der Waals surface area contributed by atoms with Crippen LogP contribution < -0.4 is 5.73 Å². The third-order valence-electron chi connectivity index (χ3n) is 3.73. The fraction of sp³-hybridized carbons (Fsp3) is 0.412. The van der Waals surface area contributed by atoms with Crippen LogP contribution in [0.25, 0.3) is 0 Å². The van der Waals surface area contributed by atoms with Crippen LogP contribution in [0.4, 0.5) is 4.39 Å². The lowest BCUT2D eigenvalue weighted by molar-refractivity contribution is 0.584. The first kappa shape index (κ1) is 15.6. The normalized spacial score (nSPS) is 12.4. The van der Waals surface area contributed by atoms with Crippen molar-refractivity contribution in [2.45, 2.75) is 33.6 Å². The Bertz CT molecular complexity index is 602. The van der Waals surface area contributed by atoms with Crippen LogP contribution in [0.3, 0.4) is 0 Å². The number of aryl methyl sites for hydroxylation is 2. The highest BCUT2D eigenvalue weighted by atomic mass is 19.1. The molecule has 0 amide bonds. The molecule has 0 fully saturated rings. The second-order valence-corrected chi connectivity index (χ2v) is 5.60. The first-order valence-corrected chi connectivity index (χ1v) is 7.27. The standard InChI is InChI=1S/C17H22FN3/c1-11(10-19)8-15-12(2)20-17(21-13(15)3)9-14-6-4-5-7-16(14)18/h4-7,11H,8-10,19H2,1-3H3. The number of halogens is 1. The van der Waals surface area contributed by atoms with Gasteiger partial charge < -0.3 is 5.73 Å². The Labute approximate surface area is 125 Å². The number of rotatable bonds is 5. The summed E-state index contributed by atoms with van der Waals surface area (Å²) in [5.74, 6) is 0.861. The molecule has 3 nitrogen and oxygen atoms in total. The molecule has 1 atom stereocenters. The van der Waals surface area contributed by atoms with E-state index in [1.165, 1.54) is 6.07 Å². The van der Waals surface area contributed by atoms with E-state index in [-0.39, 0.29) is 5.82 Å². The monoisotopic (exact) mass is 287 g/mol. The maximum atomic E-state index is 13.7. The Kier molecular flexibility index (Phi) is 5.02. The van der Waals surface area contributed by atoms with Crippen molar-refractivity contribution in [3.63, 3.8) is 0 Å². The van der Waals surface area contributed by atoms with Crippen molar-refractivity contribution in [3.05, 3.63) is 58.4 Å². The Morgan fingerprint density at radius 2 is 1.76 bits per heavy atom. The maximum absolute atomic E-state index is 13.7. The molecule has 0 aliphatic carbocycles. The third kappa shape index (κ3) is 3.85. The summed E-state index contributed by atoms with van der Waals surface area (Å²) in [6, 6.07) is 6.75. The van der Waals surface area contributed by atoms with Gasteiger partial charge in [0.15, 0.2) is 0 Å². The number of benzene rings is 1. The summed E-state index contributed by atoms with van der Waals surface area (Å²) in [4.78, 5) is 9.08. The van der Waals surface area contributed by atoms with Gasteiger partial charge in [-0.25, -0.2) is 14.4 Å². The van der Waals surface area contributed by atoms with Gasteiger partial charge >= 0.3 is 0 Å². The van der Waals surface area contributed by atoms with Gasteiger partial charge in [0.2, 0.25) is 0 Å². The van der Waals surface area contributed by atoms with Gasteiger partial charge in [0, 0.05) is 17.8 Å². The van der Waals surface area contributed by atoms with E-state index in [4.69, 9.17) is 5.73 Å². The van der Waals surface area contributed by atoms with E-state index < -0.39 is 0 Å². The van der Waals surface area contributed by atoms with Crippen molar-refractivity contribution in [3.8, 4) is 0 Å². The molecule has 0 spiro atoms. The second kappa shape index (κ2) is 6.76. The van der Waals surface area contributed by atoms with Gasteiger partial charge in [0.25, 0.3) is 0 Å². The van der Waals surface area contributed by atoms with Crippen molar-refractivity contribution >= 4 is 0 Å². The molecular weight excluding hydrogens is 265 g/mol. The molecule has 0 aliphatic heterocycles. The smallest absolute Gasteiger partial charge is 0.133 e. The molecule has 0 saturated heterocycles. The lowest BCUT2D eigenvalue weighted by atomic mass is 9.99. The van der Waals surface area contributed by atoms with Crippen molar-refractivity contribution in [1.29, 1.82) is 0 Å². The quantitative estimate of drug-likeness (QED) is 0.920. The average Bonchev–Trinajstić information content (AvgIpc) is 2.45. The van der Waals surface area contributed by atoms with Gasteiger partial charge in [-0.05, 0) is 49.9 Å². The number of nitrogens with two attached hydrogens (primary N) is 1. The van der Waals surface area contributed by atoms with E-state index >= 15 is 0 Å². The van der Waals surface area contributed by atoms with E-state index in [0.29, 0.717) is 30.3 Å². The summed E-state index contributed by atoms with van der Waals surface area (Å²) in [6.45, 7) is 6.73. The van der Waals surface area contributed by atoms with Crippen LogP contribution in [0.2, 0.25) is 0 Å². The fourth-order valence-corrected chi connectivity index (χ4v) is 2.43. The van der Waals surface area contributed by atoms with Gasteiger partial charge in [-0.3, -0.25) is 0 Å². The SMILES string of the molecule is Cc1nc(Cc2ccccc2F)nc(C)c1CC(C)CN. The van der Waals surface area contributed by atoms with Crippen LogP contribution in [0.1, 0.15) is 35.3 Å². The minimum Gasteiger partial charge on any atom is -0.330 e. The lowest BCUT2D eigenvalue weighted by Gasteiger charge is -2.14. The van der Waals surface area contributed by atoms with E-state index in [9.17, 15) is 4.39 Å². The molecule has 21 heavy (non-hydrogen) atoms. The molecule has 1 heterocycles. The Morgan fingerprint density at radius 3 is 2.33 bits per heavy atom. The van der Waals surface area contributed by atoms with E-state index in [2.05, 4.69) is 16.9 Å². The highest BCUT2D eigenvalue weighted by molar-refractivity contribution is 5.27. The molecule has 0 radical (unpaired) electrons. The highest BCUT2D eigenvalue weighted by Gasteiger charge is 2.12. The highest BCUT2D eigenvalue weighted by Crippen LogP contribution is 2.17. The maximum Gasteiger partial charge on any atom is 0.133 e. The van der Waals surface area contributed by atoms with Crippen molar-refractivity contribution in [1.82, 2.24) is 9.97 Å². The molecule has 2 aromatic rings. The number of aromatic nitrogens is 2. The van der Waals surface area contributed by atoms with Crippen molar-refractivity contribution < 1.29 is 4.39 Å². The molecule has 2 N–H and O–H groups in total. The summed E-state index contributed by atoms with van der Waals surface area (Å²) in [6.07, 6.45) is 1.30. The van der Waals surface area contributed by atoms with Crippen LogP contribution in [0.15, 0.2) is 24.3 Å². The summed E-state index contributed by atoms with van der Waals surface area (Å²) in [5.41, 5.74) is 9.40. The van der Waals surface area contributed by atoms with Crippen LogP contribution in [-0.4, -0.2) is 16.5 Å². The average molecular weight is 287 g/mol.